The smallest absolute Gasteiger partial charge is 0.349 e. The zero-order chi connectivity index (χ0) is 19.1. The van der Waals surface area contributed by atoms with Crippen LogP contribution in [0.1, 0.15) is 24.2 Å². The fraction of sp³-hybridized carbons (Fsp3) is 0.222. The summed E-state index contributed by atoms with van der Waals surface area (Å²) >= 11 is 0. The summed E-state index contributed by atoms with van der Waals surface area (Å²) in [6.45, 7) is 3.08. The third-order valence-electron chi connectivity index (χ3n) is 3.05. The van der Waals surface area contributed by atoms with Crippen LogP contribution in [0.25, 0.3) is 0 Å². The molecule has 0 N–H and O–H groups in total. The standard InChI is InChI=1S/C18H17NO7/c1-12(2)25-18(21)13-4-3-5-16(10-13)26-17(20)11-24-15-8-6-14(7-9-15)19(22)23/h3-10,12H,11H2,1-2H3. The maximum atomic E-state index is 11.8. The van der Waals surface area contributed by atoms with Crippen molar-refractivity contribution in [3.8, 4) is 11.5 Å². The molecule has 0 bridgehead atoms. The van der Waals surface area contributed by atoms with Gasteiger partial charge in [0.15, 0.2) is 6.61 Å². The van der Waals surface area contributed by atoms with Crippen molar-refractivity contribution in [1.29, 1.82) is 0 Å². The number of esters is 2. The number of carbonyl (C=O) groups excluding carboxylic acids is 2. The summed E-state index contributed by atoms with van der Waals surface area (Å²) in [6, 6.07) is 11.3. The zero-order valence-corrected chi connectivity index (χ0v) is 14.2. The van der Waals surface area contributed by atoms with Gasteiger partial charge >= 0.3 is 11.9 Å². The Hall–Kier alpha value is -3.42. The Bertz CT molecular complexity index is 799. The second-order valence-corrected chi connectivity index (χ2v) is 5.50. The molecule has 0 radical (unpaired) electrons. The minimum atomic E-state index is -0.683. The van der Waals surface area contributed by atoms with Crippen LogP contribution in [0.2, 0.25) is 0 Å². The van der Waals surface area contributed by atoms with E-state index in [9.17, 15) is 19.7 Å². The van der Waals surface area contributed by atoms with Gasteiger partial charge in [-0.2, -0.15) is 0 Å². The molecule has 0 saturated heterocycles. The van der Waals surface area contributed by atoms with E-state index >= 15 is 0 Å². The van der Waals surface area contributed by atoms with Crippen molar-refractivity contribution >= 4 is 17.6 Å². The number of carbonyl (C=O) groups is 2. The van der Waals surface area contributed by atoms with E-state index in [1.807, 2.05) is 0 Å². The average molecular weight is 359 g/mol. The lowest BCUT2D eigenvalue weighted by molar-refractivity contribution is -0.384. The van der Waals surface area contributed by atoms with Crippen molar-refractivity contribution in [2.24, 2.45) is 0 Å². The molecule has 0 aliphatic heterocycles. The Labute approximate surface area is 149 Å². The number of nitrogens with zero attached hydrogens (tertiary/aromatic N) is 1. The molecule has 136 valence electrons. The molecule has 0 atom stereocenters. The molecule has 0 aliphatic rings. The van der Waals surface area contributed by atoms with Gasteiger partial charge in [0.2, 0.25) is 0 Å². The van der Waals surface area contributed by atoms with Gasteiger partial charge in [0.05, 0.1) is 16.6 Å². The zero-order valence-electron chi connectivity index (χ0n) is 14.2. The molecule has 2 aromatic carbocycles. The SMILES string of the molecule is CC(C)OC(=O)c1cccc(OC(=O)COc2ccc([N+](=O)[O-])cc2)c1. The van der Waals surface area contributed by atoms with Gasteiger partial charge in [0.1, 0.15) is 11.5 Å². The van der Waals surface area contributed by atoms with Gasteiger partial charge in [-0.1, -0.05) is 6.07 Å². The monoisotopic (exact) mass is 359 g/mol. The Kier molecular flexibility index (Phi) is 6.26. The van der Waals surface area contributed by atoms with E-state index in [-0.39, 0.29) is 23.1 Å². The first-order chi connectivity index (χ1) is 12.3. The van der Waals surface area contributed by atoms with E-state index in [1.54, 1.807) is 26.0 Å². The van der Waals surface area contributed by atoms with Gasteiger partial charge in [0, 0.05) is 12.1 Å². The molecule has 0 fully saturated rings. The van der Waals surface area contributed by atoms with Gasteiger partial charge in [-0.3, -0.25) is 10.1 Å². The predicted octanol–water partition coefficient (Wildman–Crippen LogP) is 3.14. The molecule has 0 aliphatic carbocycles. The molecular weight excluding hydrogens is 342 g/mol. The molecule has 0 heterocycles. The molecule has 0 amide bonds. The van der Waals surface area contributed by atoms with Crippen molar-refractivity contribution in [3.63, 3.8) is 0 Å². The van der Waals surface area contributed by atoms with Crippen molar-refractivity contribution in [2.45, 2.75) is 20.0 Å². The van der Waals surface area contributed by atoms with E-state index in [0.717, 1.165) is 0 Å². The van der Waals surface area contributed by atoms with Crippen LogP contribution in [0.4, 0.5) is 5.69 Å². The fourth-order valence-corrected chi connectivity index (χ4v) is 1.94. The van der Waals surface area contributed by atoms with E-state index in [4.69, 9.17) is 14.2 Å². The number of benzene rings is 2. The van der Waals surface area contributed by atoms with Crippen LogP contribution in [0.15, 0.2) is 48.5 Å². The summed E-state index contributed by atoms with van der Waals surface area (Å²) in [4.78, 5) is 33.7. The summed E-state index contributed by atoms with van der Waals surface area (Å²) < 4.78 is 15.4. The van der Waals surface area contributed by atoms with Crippen LogP contribution in [0.3, 0.4) is 0 Å². The Morgan fingerprint density at radius 1 is 1.08 bits per heavy atom. The third kappa shape index (κ3) is 5.59. The average Bonchev–Trinajstić information content (AvgIpc) is 2.60. The maximum Gasteiger partial charge on any atom is 0.349 e. The van der Waals surface area contributed by atoms with Crippen molar-refractivity contribution in [2.75, 3.05) is 6.61 Å². The normalized spacial score (nSPS) is 10.3. The lowest BCUT2D eigenvalue weighted by Gasteiger charge is -2.09. The Morgan fingerprint density at radius 3 is 2.38 bits per heavy atom. The molecule has 2 rings (SSSR count). The van der Waals surface area contributed by atoms with Crippen LogP contribution in [-0.4, -0.2) is 29.6 Å². The molecular formula is C18H17NO7. The van der Waals surface area contributed by atoms with Crippen LogP contribution in [-0.2, 0) is 9.53 Å². The number of hydrogen-bond donors (Lipinski definition) is 0. The third-order valence-corrected chi connectivity index (χ3v) is 3.05. The summed E-state index contributed by atoms with van der Waals surface area (Å²) in [5.74, 6) is -0.722. The number of hydrogen-bond acceptors (Lipinski definition) is 7. The minimum Gasteiger partial charge on any atom is -0.482 e. The van der Waals surface area contributed by atoms with Crippen molar-refractivity contribution < 1.29 is 28.7 Å². The number of nitro groups is 1. The van der Waals surface area contributed by atoms with E-state index in [0.29, 0.717) is 5.75 Å². The van der Waals surface area contributed by atoms with Crippen molar-refractivity contribution in [3.05, 3.63) is 64.2 Å². The first-order valence-electron chi connectivity index (χ1n) is 7.74. The molecule has 26 heavy (non-hydrogen) atoms. The molecule has 0 unspecified atom stereocenters. The van der Waals surface area contributed by atoms with Gasteiger partial charge < -0.3 is 14.2 Å². The van der Waals surface area contributed by atoms with Crippen LogP contribution >= 0.6 is 0 Å². The highest BCUT2D eigenvalue weighted by Crippen LogP contribution is 2.18. The van der Waals surface area contributed by atoms with Crippen molar-refractivity contribution in [1.82, 2.24) is 0 Å². The van der Waals surface area contributed by atoms with E-state index in [1.165, 1.54) is 36.4 Å². The second-order valence-electron chi connectivity index (χ2n) is 5.50. The molecule has 0 aromatic heterocycles. The summed E-state index contributed by atoms with van der Waals surface area (Å²) in [7, 11) is 0. The first kappa shape index (κ1) is 18.9. The Morgan fingerprint density at radius 2 is 1.77 bits per heavy atom. The van der Waals surface area contributed by atoms with Crippen LogP contribution in [0, 0.1) is 10.1 Å². The van der Waals surface area contributed by atoms with Gasteiger partial charge in [-0.15, -0.1) is 0 Å². The predicted molar refractivity (Wildman–Crippen MR) is 91.2 cm³/mol. The van der Waals surface area contributed by atoms with Gasteiger partial charge in [-0.25, -0.2) is 9.59 Å². The van der Waals surface area contributed by atoms with Crippen LogP contribution < -0.4 is 9.47 Å². The van der Waals surface area contributed by atoms with E-state index in [2.05, 4.69) is 0 Å². The number of nitro benzene ring substituents is 1. The molecule has 8 nitrogen and oxygen atoms in total. The number of non-ortho nitro benzene ring substituents is 1. The van der Waals surface area contributed by atoms with Crippen LogP contribution in [0.5, 0.6) is 11.5 Å². The lowest BCUT2D eigenvalue weighted by atomic mass is 10.2. The lowest BCUT2D eigenvalue weighted by Crippen LogP contribution is -2.18. The maximum absolute atomic E-state index is 11.8. The number of rotatable bonds is 7. The largest absolute Gasteiger partial charge is 0.482 e. The quantitative estimate of drug-likeness (QED) is 0.324. The fourth-order valence-electron chi connectivity index (χ4n) is 1.94. The Balaban J connectivity index is 1.91. The van der Waals surface area contributed by atoms with E-state index < -0.39 is 23.5 Å². The summed E-state index contributed by atoms with van der Waals surface area (Å²) in [5.41, 5.74) is 0.185. The number of ether oxygens (including phenoxy) is 3. The molecule has 0 saturated carbocycles. The second kappa shape index (κ2) is 8.61. The minimum absolute atomic E-state index is 0.0787. The molecule has 0 spiro atoms. The highest BCUT2D eigenvalue weighted by Gasteiger charge is 2.12. The summed E-state index contributed by atoms with van der Waals surface area (Å²) in [5, 5.41) is 10.6. The molecule has 2 aromatic rings. The van der Waals surface area contributed by atoms with Gasteiger partial charge in [0.25, 0.3) is 5.69 Å². The van der Waals surface area contributed by atoms with Gasteiger partial charge in [-0.05, 0) is 44.2 Å². The highest BCUT2D eigenvalue weighted by atomic mass is 16.6. The topological polar surface area (TPSA) is 105 Å². The summed E-state index contributed by atoms with van der Waals surface area (Å²) in [6.07, 6.45) is -0.260. The highest BCUT2D eigenvalue weighted by molar-refractivity contribution is 5.90. The first-order valence-corrected chi connectivity index (χ1v) is 7.74. The molecule has 8 heteroatoms.